The summed E-state index contributed by atoms with van der Waals surface area (Å²) in [4.78, 5) is 31.3. The molecule has 2 aliphatic heterocycles. The number of carbonyl (C=O) groups excluding carboxylic acids is 2. The lowest BCUT2D eigenvalue weighted by Gasteiger charge is -2.42. The van der Waals surface area contributed by atoms with E-state index in [1.54, 1.807) is 17.0 Å². The van der Waals surface area contributed by atoms with Crippen LogP contribution >= 0.6 is 11.6 Å². The van der Waals surface area contributed by atoms with Crippen LogP contribution in [0.15, 0.2) is 65.9 Å². The molecule has 0 spiro atoms. The van der Waals surface area contributed by atoms with E-state index in [-0.39, 0.29) is 19.1 Å². The maximum Gasteiger partial charge on any atom is 0.410 e. The number of hydrogen-bond acceptors (Lipinski definition) is 4. The van der Waals surface area contributed by atoms with E-state index in [2.05, 4.69) is 4.90 Å². The first-order valence-corrected chi connectivity index (χ1v) is 10.3. The molecule has 2 aromatic carbocycles. The summed E-state index contributed by atoms with van der Waals surface area (Å²) in [5.41, 5.74) is 3.64. The Morgan fingerprint density at radius 1 is 1.07 bits per heavy atom. The summed E-state index contributed by atoms with van der Waals surface area (Å²) in [5, 5.41) is 0.639. The Kier molecular flexibility index (Phi) is 5.95. The summed E-state index contributed by atoms with van der Waals surface area (Å²) in [7, 11) is 1.99. The number of nitrogens with zero attached hydrogens (tertiary/aromatic N) is 3. The Bertz CT molecular complexity index is 959. The molecule has 2 amide bonds. The first-order valence-electron chi connectivity index (χ1n) is 9.94. The Balaban J connectivity index is 1.41. The third-order valence-corrected chi connectivity index (χ3v) is 5.71. The predicted molar refractivity (Wildman–Crippen MR) is 114 cm³/mol. The van der Waals surface area contributed by atoms with Gasteiger partial charge in [-0.3, -0.25) is 4.79 Å². The number of carbonyl (C=O) groups is 2. The molecule has 0 fully saturated rings. The Labute approximate surface area is 181 Å². The van der Waals surface area contributed by atoms with Gasteiger partial charge in [0.15, 0.2) is 0 Å². The van der Waals surface area contributed by atoms with Gasteiger partial charge in [0.1, 0.15) is 6.61 Å². The zero-order chi connectivity index (χ0) is 21.1. The van der Waals surface area contributed by atoms with Gasteiger partial charge in [0.2, 0.25) is 0 Å². The van der Waals surface area contributed by atoms with Crippen molar-refractivity contribution in [1.82, 2.24) is 14.7 Å². The molecule has 30 heavy (non-hydrogen) atoms. The van der Waals surface area contributed by atoms with E-state index in [0.717, 1.165) is 16.8 Å². The van der Waals surface area contributed by atoms with Crippen LogP contribution in [-0.2, 0) is 22.7 Å². The number of benzene rings is 2. The lowest BCUT2D eigenvalue weighted by atomic mass is 10.0. The zero-order valence-electron chi connectivity index (χ0n) is 16.9. The minimum Gasteiger partial charge on any atom is -0.445 e. The van der Waals surface area contributed by atoms with Crippen LogP contribution in [0.5, 0.6) is 0 Å². The Morgan fingerprint density at radius 3 is 2.53 bits per heavy atom. The number of rotatable bonds is 4. The second kappa shape index (κ2) is 8.79. The molecule has 156 valence electrons. The van der Waals surface area contributed by atoms with Crippen molar-refractivity contribution in [3.05, 3.63) is 82.0 Å². The molecule has 0 saturated heterocycles. The largest absolute Gasteiger partial charge is 0.445 e. The van der Waals surface area contributed by atoms with Crippen molar-refractivity contribution in [2.45, 2.75) is 19.6 Å². The molecule has 2 aromatic rings. The SMILES string of the molecule is CN1CN(Cc2ccccc2)C(=O)C2=C1CCN(C(=O)OCc1ccc(Cl)cc1)C2. The lowest BCUT2D eigenvalue weighted by Crippen LogP contribution is -2.51. The van der Waals surface area contributed by atoms with Crippen LogP contribution in [0.25, 0.3) is 0 Å². The van der Waals surface area contributed by atoms with E-state index in [4.69, 9.17) is 16.3 Å². The van der Waals surface area contributed by atoms with Crippen LogP contribution in [0.4, 0.5) is 4.79 Å². The molecule has 0 aromatic heterocycles. The van der Waals surface area contributed by atoms with Crippen molar-refractivity contribution >= 4 is 23.6 Å². The molecule has 6 nitrogen and oxygen atoms in total. The fourth-order valence-electron chi connectivity index (χ4n) is 3.86. The zero-order valence-corrected chi connectivity index (χ0v) is 17.6. The van der Waals surface area contributed by atoms with E-state index < -0.39 is 6.09 Å². The van der Waals surface area contributed by atoms with E-state index in [1.807, 2.05) is 54.4 Å². The second-order valence-electron chi connectivity index (χ2n) is 7.61. The van der Waals surface area contributed by atoms with E-state index in [1.165, 1.54) is 0 Å². The summed E-state index contributed by atoms with van der Waals surface area (Å²) < 4.78 is 5.45. The van der Waals surface area contributed by atoms with Crippen LogP contribution in [0, 0.1) is 0 Å². The highest BCUT2D eigenvalue weighted by Gasteiger charge is 2.35. The number of ether oxygens (including phenoxy) is 1. The minimum absolute atomic E-state index is 0.0119. The Morgan fingerprint density at radius 2 is 1.80 bits per heavy atom. The number of halogens is 1. The smallest absolute Gasteiger partial charge is 0.410 e. The average molecular weight is 426 g/mol. The number of hydrogen-bond donors (Lipinski definition) is 0. The summed E-state index contributed by atoms with van der Waals surface area (Å²) in [6.07, 6.45) is 0.236. The van der Waals surface area contributed by atoms with E-state index in [0.29, 0.717) is 36.8 Å². The lowest BCUT2D eigenvalue weighted by molar-refractivity contribution is -0.131. The molecule has 4 rings (SSSR count). The van der Waals surface area contributed by atoms with E-state index >= 15 is 0 Å². The summed E-state index contributed by atoms with van der Waals surface area (Å²) in [6.45, 7) is 2.07. The molecular formula is C23H24ClN3O3. The fraction of sp³-hybridized carbons (Fsp3) is 0.304. The quantitative estimate of drug-likeness (QED) is 0.746. The molecule has 7 heteroatoms. The molecule has 2 heterocycles. The third-order valence-electron chi connectivity index (χ3n) is 5.45. The molecule has 0 radical (unpaired) electrons. The second-order valence-corrected chi connectivity index (χ2v) is 8.04. The van der Waals surface area contributed by atoms with Crippen molar-refractivity contribution in [2.24, 2.45) is 0 Å². The van der Waals surface area contributed by atoms with Gasteiger partial charge < -0.3 is 19.4 Å². The molecule has 0 N–H and O–H groups in total. The van der Waals surface area contributed by atoms with Gasteiger partial charge in [0.05, 0.1) is 18.8 Å². The van der Waals surface area contributed by atoms with Gasteiger partial charge in [-0.25, -0.2) is 4.79 Å². The highest BCUT2D eigenvalue weighted by Crippen LogP contribution is 2.28. The van der Waals surface area contributed by atoms with Crippen molar-refractivity contribution in [2.75, 3.05) is 26.8 Å². The van der Waals surface area contributed by atoms with Crippen LogP contribution in [0.3, 0.4) is 0 Å². The normalized spacial score (nSPS) is 16.6. The highest BCUT2D eigenvalue weighted by molar-refractivity contribution is 6.30. The highest BCUT2D eigenvalue weighted by atomic mass is 35.5. The maximum atomic E-state index is 13.1. The molecular weight excluding hydrogens is 402 g/mol. The predicted octanol–water partition coefficient (Wildman–Crippen LogP) is 3.87. The molecule has 0 aliphatic carbocycles. The number of amides is 2. The van der Waals surface area contributed by atoms with Crippen molar-refractivity contribution in [1.29, 1.82) is 0 Å². The molecule has 0 unspecified atom stereocenters. The van der Waals surface area contributed by atoms with Crippen molar-refractivity contribution in [3.8, 4) is 0 Å². The summed E-state index contributed by atoms with van der Waals surface area (Å²) >= 11 is 5.89. The van der Waals surface area contributed by atoms with Gasteiger partial charge in [-0.1, -0.05) is 54.1 Å². The van der Waals surface area contributed by atoms with Crippen LogP contribution < -0.4 is 0 Å². The van der Waals surface area contributed by atoms with Gasteiger partial charge in [-0.05, 0) is 23.3 Å². The average Bonchev–Trinajstić information content (AvgIpc) is 2.77. The third kappa shape index (κ3) is 4.44. The molecule has 0 bridgehead atoms. The van der Waals surface area contributed by atoms with Crippen LogP contribution in [-0.4, -0.2) is 53.5 Å². The van der Waals surface area contributed by atoms with Crippen LogP contribution in [0.1, 0.15) is 17.5 Å². The topological polar surface area (TPSA) is 53.1 Å². The monoisotopic (exact) mass is 425 g/mol. The van der Waals surface area contributed by atoms with Gasteiger partial charge in [0, 0.05) is 37.3 Å². The fourth-order valence-corrected chi connectivity index (χ4v) is 3.99. The van der Waals surface area contributed by atoms with Gasteiger partial charge in [0.25, 0.3) is 5.91 Å². The van der Waals surface area contributed by atoms with E-state index in [9.17, 15) is 9.59 Å². The van der Waals surface area contributed by atoms with Gasteiger partial charge in [-0.15, -0.1) is 0 Å². The standard InChI is InChI=1S/C23H24ClN3O3/c1-25-16-27(13-17-5-3-2-4-6-17)22(28)20-14-26(12-11-21(20)25)23(29)30-15-18-7-9-19(24)10-8-18/h2-10H,11-16H2,1H3. The molecule has 0 atom stereocenters. The van der Waals surface area contributed by atoms with Gasteiger partial charge >= 0.3 is 6.09 Å². The first-order chi connectivity index (χ1) is 14.5. The molecule has 0 saturated carbocycles. The van der Waals surface area contributed by atoms with Crippen molar-refractivity contribution in [3.63, 3.8) is 0 Å². The van der Waals surface area contributed by atoms with Gasteiger partial charge in [-0.2, -0.15) is 0 Å². The molecule has 2 aliphatic rings. The van der Waals surface area contributed by atoms with Crippen LogP contribution in [0.2, 0.25) is 5.02 Å². The maximum absolute atomic E-state index is 13.1. The summed E-state index contributed by atoms with van der Waals surface area (Å²) in [5.74, 6) is -0.0119. The van der Waals surface area contributed by atoms with Crippen molar-refractivity contribution < 1.29 is 14.3 Å². The Hall–Kier alpha value is -2.99. The minimum atomic E-state index is -0.410. The summed E-state index contributed by atoms with van der Waals surface area (Å²) in [6, 6.07) is 17.1. The first kappa shape index (κ1) is 20.3.